The lowest BCUT2D eigenvalue weighted by Crippen LogP contribution is -2.58. The van der Waals surface area contributed by atoms with Gasteiger partial charge >= 0.3 is 0 Å². The molecule has 5 fully saturated rings. The molecule has 2 bridgehead atoms. The van der Waals surface area contributed by atoms with Crippen molar-refractivity contribution in [2.75, 3.05) is 6.54 Å². The molecular weight excluding hydrogens is 358 g/mol. The number of nitrogens with zero attached hydrogens (tertiary/aromatic N) is 2. The van der Waals surface area contributed by atoms with Crippen LogP contribution in [-0.2, 0) is 4.79 Å². The minimum Gasteiger partial charge on any atom is -0.322 e. The second-order valence-corrected chi connectivity index (χ2v) is 11.0. The number of carbonyl (C=O) groups is 1. The monoisotopic (exact) mass is 401 g/mol. The van der Waals surface area contributed by atoms with Crippen molar-refractivity contribution in [1.29, 1.82) is 0 Å². The number of carbonyl (C=O) groups excluding carboxylic acids is 1. The molecule has 0 radical (unpaired) electrons. The summed E-state index contributed by atoms with van der Waals surface area (Å²) in [7, 11) is 0. The van der Waals surface area contributed by atoms with E-state index >= 15 is 0 Å². The average molecular weight is 402 g/mol. The lowest BCUT2D eigenvalue weighted by atomic mass is 9.85. The molecule has 4 saturated carbocycles. The number of hydrogen-bond acceptors (Lipinski definition) is 3. The number of amides is 1. The first-order valence-corrected chi connectivity index (χ1v) is 13.1. The van der Waals surface area contributed by atoms with Crippen LogP contribution in [0.25, 0.3) is 0 Å². The fourth-order valence-corrected chi connectivity index (χ4v) is 7.63. The Kier molecular flexibility index (Phi) is 6.48. The molecule has 4 atom stereocenters. The molecule has 0 aromatic carbocycles. The molecular formula is C25H43N3O. The van der Waals surface area contributed by atoms with Crippen molar-refractivity contribution in [2.24, 2.45) is 17.8 Å². The zero-order chi connectivity index (χ0) is 19.6. The van der Waals surface area contributed by atoms with Crippen molar-refractivity contribution in [2.45, 2.75) is 127 Å². The van der Waals surface area contributed by atoms with Crippen LogP contribution in [-0.4, -0.2) is 40.6 Å². The maximum absolute atomic E-state index is 13.7. The van der Waals surface area contributed by atoms with Crippen LogP contribution < -0.4 is 5.43 Å². The Labute approximate surface area is 178 Å². The lowest BCUT2D eigenvalue weighted by molar-refractivity contribution is -0.145. The molecule has 1 saturated heterocycles. The van der Waals surface area contributed by atoms with E-state index in [-0.39, 0.29) is 0 Å². The first kappa shape index (κ1) is 20.3. The second kappa shape index (κ2) is 9.26. The molecule has 164 valence electrons. The molecule has 1 N–H and O–H groups in total. The number of hydrogen-bond donors (Lipinski definition) is 1. The molecule has 4 heteroatoms. The lowest BCUT2D eigenvalue weighted by Gasteiger charge is -2.45. The Morgan fingerprint density at radius 1 is 0.862 bits per heavy atom. The Morgan fingerprint density at radius 2 is 1.62 bits per heavy atom. The summed E-state index contributed by atoms with van der Waals surface area (Å²) in [6, 6.07) is 1.17. The third-order valence-corrected chi connectivity index (χ3v) is 9.14. The molecule has 5 aliphatic rings. The summed E-state index contributed by atoms with van der Waals surface area (Å²) in [4.78, 5) is 16.2. The third-order valence-electron chi connectivity index (χ3n) is 9.14. The minimum atomic E-state index is 0.321. The normalized spacial score (nSPS) is 36.7. The minimum absolute atomic E-state index is 0.321. The van der Waals surface area contributed by atoms with Crippen LogP contribution in [0.2, 0.25) is 0 Å². The largest absolute Gasteiger partial charge is 0.322 e. The maximum atomic E-state index is 13.7. The van der Waals surface area contributed by atoms with E-state index in [0.29, 0.717) is 24.2 Å². The van der Waals surface area contributed by atoms with E-state index in [1.165, 1.54) is 89.9 Å². The van der Waals surface area contributed by atoms with Gasteiger partial charge < -0.3 is 4.90 Å². The van der Waals surface area contributed by atoms with E-state index in [9.17, 15) is 4.79 Å². The molecule has 0 spiro atoms. The first-order chi connectivity index (χ1) is 14.3. The van der Waals surface area contributed by atoms with Gasteiger partial charge in [-0.1, -0.05) is 57.8 Å². The Hall–Kier alpha value is -0.610. The average Bonchev–Trinajstić information content (AvgIpc) is 3.52. The smallest absolute Gasteiger partial charge is 0.224 e. The highest BCUT2D eigenvalue weighted by molar-refractivity contribution is 5.77. The molecule has 0 aromatic rings. The highest BCUT2D eigenvalue weighted by Crippen LogP contribution is 2.48. The number of fused-ring (bicyclic) bond motifs is 2. The zero-order valence-electron chi connectivity index (χ0n) is 18.5. The van der Waals surface area contributed by atoms with Crippen LogP contribution >= 0.6 is 0 Å². The van der Waals surface area contributed by atoms with Gasteiger partial charge in [-0.3, -0.25) is 10.2 Å². The Bertz CT molecular complexity index is 554. The SMILES string of the molecule is O=C(CCC1CCCCC1)N(C1CC2CCC1C2)C1CCNN1C1CCCCC1. The van der Waals surface area contributed by atoms with E-state index < -0.39 is 0 Å². The van der Waals surface area contributed by atoms with E-state index in [0.717, 1.165) is 43.6 Å². The Morgan fingerprint density at radius 3 is 2.31 bits per heavy atom. The van der Waals surface area contributed by atoms with Gasteiger partial charge in [0, 0.05) is 25.0 Å². The number of rotatable bonds is 6. The van der Waals surface area contributed by atoms with Crippen LogP contribution in [0.3, 0.4) is 0 Å². The van der Waals surface area contributed by atoms with Gasteiger partial charge in [0.25, 0.3) is 0 Å². The fourth-order valence-electron chi connectivity index (χ4n) is 7.63. The van der Waals surface area contributed by atoms with Crippen LogP contribution in [0.15, 0.2) is 0 Å². The van der Waals surface area contributed by atoms with Crippen molar-refractivity contribution in [3.8, 4) is 0 Å². The quantitative estimate of drug-likeness (QED) is 0.662. The predicted molar refractivity (Wildman–Crippen MR) is 117 cm³/mol. The van der Waals surface area contributed by atoms with Crippen molar-refractivity contribution in [3.05, 3.63) is 0 Å². The summed E-state index contributed by atoms with van der Waals surface area (Å²) in [5.41, 5.74) is 3.72. The van der Waals surface area contributed by atoms with Gasteiger partial charge in [-0.15, -0.1) is 0 Å². The van der Waals surface area contributed by atoms with E-state index in [2.05, 4.69) is 15.3 Å². The van der Waals surface area contributed by atoms with Gasteiger partial charge in [0.2, 0.25) is 5.91 Å². The summed E-state index contributed by atoms with van der Waals surface area (Å²) in [6.45, 7) is 1.05. The summed E-state index contributed by atoms with van der Waals surface area (Å²) < 4.78 is 0. The topological polar surface area (TPSA) is 35.6 Å². The fraction of sp³-hybridized carbons (Fsp3) is 0.960. The van der Waals surface area contributed by atoms with Crippen molar-refractivity contribution in [3.63, 3.8) is 0 Å². The highest BCUT2D eigenvalue weighted by Gasteiger charge is 2.48. The van der Waals surface area contributed by atoms with Crippen LogP contribution in [0.1, 0.15) is 109 Å². The summed E-state index contributed by atoms with van der Waals surface area (Å²) in [5, 5.41) is 2.56. The summed E-state index contributed by atoms with van der Waals surface area (Å²) in [5.74, 6) is 2.98. The molecule has 4 aliphatic carbocycles. The van der Waals surface area contributed by atoms with Crippen LogP contribution in [0.4, 0.5) is 0 Å². The Balaban J connectivity index is 1.30. The number of hydrazine groups is 1. The molecule has 1 heterocycles. The number of nitrogens with one attached hydrogen (secondary N) is 1. The van der Waals surface area contributed by atoms with Gasteiger partial charge in [0.1, 0.15) is 0 Å². The predicted octanol–water partition coefficient (Wildman–Crippen LogP) is 5.23. The molecule has 29 heavy (non-hydrogen) atoms. The summed E-state index contributed by atoms with van der Waals surface area (Å²) >= 11 is 0. The van der Waals surface area contributed by atoms with Crippen molar-refractivity contribution in [1.82, 2.24) is 15.3 Å². The van der Waals surface area contributed by atoms with Gasteiger partial charge in [-0.05, 0) is 62.7 Å². The highest BCUT2D eigenvalue weighted by atomic mass is 16.2. The zero-order valence-corrected chi connectivity index (χ0v) is 18.5. The molecule has 4 unspecified atom stereocenters. The molecule has 0 aromatic heterocycles. The van der Waals surface area contributed by atoms with Gasteiger partial charge in [-0.2, -0.15) is 0 Å². The van der Waals surface area contributed by atoms with E-state index in [4.69, 9.17) is 0 Å². The molecule has 1 amide bonds. The second-order valence-electron chi connectivity index (χ2n) is 11.0. The van der Waals surface area contributed by atoms with Gasteiger partial charge in [0.15, 0.2) is 0 Å². The summed E-state index contributed by atoms with van der Waals surface area (Å²) in [6.07, 6.45) is 22.5. The van der Waals surface area contributed by atoms with Crippen LogP contribution in [0, 0.1) is 17.8 Å². The van der Waals surface area contributed by atoms with Crippen LogP contribution in [0.5, 0.6) is 0 Å². The molecule has 1 aliphatic heterocycles. The van der Waals surface area contributed by atoms with Gasteiger partial charge in [0.05, 0.1) is 6.17 Å². The first-order valence-electron chi connectivity index (χ1n) is 13.1. The van der Waals surface area contributed by atoms with Crippen molar-refractivity contribution < 1.29 is 4.79 Å². The van der Waals surface area contributed by atoms with E-state index in [1.54, 1.807) is 0 Å². The van der Waals surface area contributed by atoms with Crippen molar-refractivity contribution >= 4 is 5.91 Å². The standard InChI is InChI=1S/C25H43N3O/c29-25(14-12-19-7-3-1-4-8-19)27(23-18-20-11-13-21(23)17-20)24-15-16-26-28(24)22-9-5-2-6-10-22/h19-24,26H,1-18H2. The third kappa shape index (κ3) is 4.39. The van der Waals surface area contributed by atoms with E-state index in [1.807, 2.05) is 0 Å². The maximum Gasteiger partial charge on any atom is 0.224 e. The molecule has 5 rings (SSSR count). The van der Waals surface area contributed by atoms with Gasteiger partial charge in [-0.25, -0.2) is 5.01 Å². The molecule has 4 nitrogen and oxygen atoms in total.